The van der Waals surface area contributed by atoms with Crippen molar-refractivity contribution in [3.63, 3.8) is 0 Å². The lowest BCUT2D eigenvalue weighted by Gasteiger charge is -2.29. The second kappa shape index (κ2) is 3.96. The average Bonchev–Trinajstić information content (AvgIpc) is 1.93. The molecule has 0 saturated heterocycles. The minimum atomic E-state index is -4.05. The molecule has 1 aliphatic carbocycles. The maximum atomic E-state index is 12.0. The second-order valence-corrected chi connectivity index (χ2v) is 8.41. The van der Waals surface area contributed by atoms with E-state index < -0.39 is 20.9 Å². The molecule has 0 heterocycles. The van der Waals surface area contributed by atoms with Gasteiger partial charge in [-0.05, 0) is 31.6 Å². The Balaban J connectivity index is 2.33. The molecule has 1 rings (SSSR count). The quantitative estimate of drug-likeness (QED) is 0.659. The molecule has 0 amide bonds. The van der Waals surface area contributed by atoms with Gasteiger partial charge in [-0.3, -0.25) is 0 Å². The maximum absolute atomic E-state index is 12.0. The van der Waals surface area contributed by atoms with Gasteiger partial charge in [0.05, 0.1) is 5.76 Å². The van der Waals surface area contributed by atoms with Gasteiger partial charge < -0.3 is 4.43 Å². The van der Waals surface area contributed by atoms with E-state index in [1.165, 1.54) is 0 Å². The maximum Gasteiger partial charge on any atom is 0.388 e. The van der Waals surface area contributed by atoms with Crippen molar-refractivity contribution in [3.05, 3.63) is 11.8 Å². The Labute approximate surface area is 83.1 Å². The number of alkyl halides is 3. The molecular weight excluding hydrogens is 209 g/mol. The zero-order valence-electron chi connectivity index (χ0n) is 8.45. The monoisotopic (exact) mass is 224 g/mol. The molecule has 14 heavy (non-hydrogen) atoms. The predicted molar refractivity (Wildman–Crippen MR) is 51.4 cm³/mol. The minimum Gasteiger partial charge on any atom is -0.547 e. The van der Waals surface area contributed by atoms with Crippen LogP contribution in [-0.4, -0.2) is 14.5 Å². The Morgan fingerprint density at radius 3 is 2.36 bits per heavy atom. The third-order valence-electron chi connectivity index (χ3n) is 2.18. The highest BCUT2D eigenvalue weighted by Crippen LogP contribution is 2.30. The van der Waals surface area contributed by atoms with E-state index in [1.54, 1.807) is 0 Å². The van der Waals surface area contributed by atoms with Gasteiger partial charge in [0.1, 0.15) is 0 Å². The van der Waals surface area contributed by atoms with Gasteiger partial charge >= 0.3 is 6.18 Å². The molecule has 0 aromatic rings. The van der Waals surface area contributed by atoms with Crippen molar-refractivity contribution >= 4 is 8.32 Å². The fourth-order valence-electron chi connectivity index (χ4n) is 1.20. The van der Waals surface area contributed by atoms with Crippen LogP contribution in [0.3, 0.4) is 0 Å². The molecule has 0 N–H and O–H groups in total. The van der Waals surface area contributed by atoms with Gasteiger partial charge in [-0.1, -0.05) is 0 Å². The van der Waals surface area contributed by atoms with Crippen LogP contribution in [0.2, 0.25) is 19.1 Å². The summed E-state index contributed by atoms with van der Waals surface area (Å²) in [5.41, 5.74) is 0. The van der Waals surface area contributed by atoms with Crippen LogP contribution in [0.5, 0.6) is 0 Å². The third-order valence-corrected chi connectivity index (χ3v) is 4.45. The molecule has 0 radical (unpaired) electrons. The van der Waals surface area contributed by atoms with E-state index in [-0.39, 0.29) is 6.04 Å². The molecule has 0 spiro atoms. The Kier molecular flexibility index (Phi) is 3.29. The van der Waals surface area contributed by atoms with Crippen molar-refractivity contribution in [3.8, 4) is 0 Å². The molecule has 0 aromatic carbocycles. The summed E-state index contributed by atoms with van der Waals surface area (Å²) in [5, 5.41) is 0. The largest absolute Gasteiger partial charge is 0.547 e. The summed E-state index contributed by atoms with van der Waals surface area (Å²) >= 11 is 0. The van der Waals surface area contributed by atoms with E-state index in [9.17, 15) is 13.2 Å². The Morgan fingerprint density at radius 1 is 1.43 bits per heavy atom. The molecule has 1 nitrogen and oxygen atoms in total. The first-order valence-corrected chi connectivity index (χ1v) is 7.85. The summed E-state index contributed by atoms with van der Waals surface area (Å²) < 4.78 is 41.5. The van der Waals surface area contributed by atoms with Crippen LogP contribution in [0.1, 0.15) is 19.3 Å². The molecule has 0 aromatic heterocycles. The topological polar surface area (TPSA) is 9.23 Å². The predicted octanol–water partition coefficient (Wildman–Crippen LogP) is 3.84. The Hall–Kier alpha value is -0.453. The van der Waals surface area contributed by atoms with Gasteiger partial charge in [-0.15, -0.1) is 0 Å². The molecule has 0 bridgehead atoms. The number of hydrogen-bond acceptors (Lipinski definition) is 1. The van der Waals surface area contributed by atoms with Crippen molar-refractivity contribution < 1.29 is 17.6 Å². The summed E-state index contributed by atoms with van der Waals surface area (Å²) in [6, 6.07) is 0.147. The normalized spacial score (nSPS) is 17.4. The fourth-order valence-corrected chi connectivity index (χ4v) is 3.09. The molecule has 0 atom stereocenters. The number of allylic oxidation sites excluding steroid dienone is 2. The van der Waals surface area contributed by atoms with Gasteiger partial charge in [0.15, 0.2) is 0 Å². The van der Waals surface area contributed by atoms with Gasteiger partial charge in [0, 0.05) is 12.8 Å². The lowest BCUT2D eigenvalue weighted by molar-refractivity contribution is -0.131. The zero-order chi connectivity index (χ0) is 10.8. The number of hydrogen-bond donors (Lipinski definition) is 0. The zero-order valence-corrected chi connectivity index (χ0v) is 9.45. The van der Waals surface area contributed by atoms with Crippen LogP contribution in [0.25, 0.3) is 0 Å². The van der Waals surface area contributed by atoms with Crippen LogP contribution in [0, 0.1) is 0 Å². The standard InChI is InChI=1S/C9H15F3OSi/c1-14(2,7-6-9(10,11)12)13-8-4-3-5-8/h4H,3,5-7H2,1-2H3. The van der Waals surface area contributed by atoms with Gasteiger partial charge in [-0.25, -0.2) is 0 Å². The SMILES string of the molecule is C[Si](C)(CCC(F)(F)F)OC1=CCC1. The molecular formula is C9H15F3OSi. The smallest absolute Gasteiger partial charge is 0.388 e. The van der Waals surface area contributed by atoms with Crippen LogP contribution < -0.4 is 0 Å². The number of rotatable bonds is 4. The first-order valence-electron chi connectivity index (χ1n) is 4.73. The van der Waals surface area contributed by atoms with Crippen molar-refractivity contribution in [1.29, 1.82) is 0 Å². The molecule has 0 aliphatic heterocycles. The van der Waals surface area contributed by atoms with E-state index in [1.807, 2.05) is 19.2 Å². The molecule has 82 valence electrons. The van der Waals surface area contributed by atoms with E-state index in [0.717, 1.165) is 18.6 Å². The average molecular weight is 224 g/mol. The van der Waals surface area contributed by atoms with Crippen LogP contribution in [-0.2, 0) is 4.43 Å². The first-order chi connectivity index (χ1) is 6.29. The molecule has 5 heteroatoms. The third kappa shape index (κ3) is 4.17. The van der Waals surface area contributed by atoms with Crippen molar-refractivity contribution in [1.82, 2.24) is 0 Å². The van der Waals surface area contributed by atoms with Crippen molar-refractivity contribution in [2.45, 2.75) is 44.6 Å². The lowest BCUT2D eigenvalue weighted by atomic mass is 10.1. The van der Waals surface area contributed by atoms with Crippen LogP contribution in [0.4, 0.5) is 13.2 Å². The highest BCUT2D eigenvalue weighted by Gasteiger charge is 2.34. The molecule has 0 saturated carbocycles. The van der Waals surface area contributed by atoms with E-state index in [0.29, 0.717) is 0 Å². The van der Waals surface area contributed by atoms with Crippen LogP contribution in [0.15, 0.2) is 11.8 Å². The summed E-state index contributed by atoms with van der Waals surface area (Å²) in [5.74, 6) is 0.892. The summed E-state index contributed by atoms with van der Waals surface area (Å²) in [4.78, 5) is 0. The Bertz CT molecular complexity index is 233. The number of halogens is 3. The van der Waals surface area contributed by atoms with Gasteiger partial charge in [0.25, 0.3) is 0 Å². The van der Waals surface area contributed by atoms with Gasteiger partial charge in [-0.2, -0.15) is 13.2 Å². The summed E-state index contributed by atoms with van der Waals surface area (Å²) in [7, 11) is -2.13. The minimum absolute atomic E-state index is 0.147. The van der Waals surface area contributed by atoms with E-state index in [2.05, 4.69) is 0 Å². The van der Waals surface area contributed by atoms with Crippen LogP contribution >= 0.6 is 0 Å². The Morgan fingerprint density at radius 2 is 2.00 bits per heavy atom. The van der Waals surface area contributed by atoms with E-state index in [4.69, 9.17) is 4.43 Å². The lowest BCUT2D eigenvalue weighted by Crippen LogP contribution is -2.32. The molecule has 0 unspecified atom stereocenters. The molecule has 0 fully saturated rings. The highest BCUT2D eigenvalue weighted by atomic mass is 28.4. The highest BCUT2D eigenvalue weighted by molar-refractivity contribution is 6.71. The first kappa shape index (κ1) is 11.6. The van der Waals surface area contributed by atoms with Crippen molar-refractivity contribution in [2.75, 3.05) is 0 Å². The fraction of sp³-hybridized carbons (Fsp3) is 0.778. The van der Waals surface area contributed by atoms with Gasteiger partial charge in [0.2, 0.25) is 8.32 Å². The summed E-state index contributed by atoms with van der Waals surface area (Å²) in [6.45, 7) is 3.66. The van der Waals surface area contributed by atoms with Crippen molar-refractivity contribution in [2.24, 2.45) is 0 Å². The molecule has 1 aliphatic rings. The van der Waals surface area contributed by atoms with E-state index >= 15 is 0 Å². The second-order valence-electron chi connectivity index (χ2n) is 4.19. The summed E-state index contributed by atoms with van der Waals surface area (Å²) in [6.07, 6.45) is -0.939.